The average molecular weight is 156 g/mol. The zero-order valence-electron chi connectivity index (χ0n) is 8.74. The molecule has 11 heavy (non-hydrogen) atoms. The highest BCUT2D eigenvalue weighted by Crippen LogP contribution is 2.40. The molecular weight excluding hydrogens is 132 g/mol. The number of rotatable bonds is 2. The molecule has 0 unspecified atom stereocenters. The highest BCUT2D eigenvalue weighted by atomic mass is 14.3. The highest BCUT2D eigenvalue weighted by Gasteiger charge is 2.26. The Kier molecular flexibility index (Phi) is 5.62. The summed E-state index contributed by atoms with van der Waals surface area (Å²) >= 11 is 0. The summed E-state index contributed by atoms with van der Waals surface area (Å²) in [6, 6.07) is 0. The largest absolute Gasteiger partial charge is 0.0683 e. The van der Waals surface area contributed by atoms with Crippen LogP contribution in [0.5, 0.6) is 0 Å². The molecule has 0 aromatic carbocycles. The number of hydrogen-bond acceptors (Lipinski definition) is 0. The Morgan fingerprint density at radius 1 is 1.09 bits per heavy atom. The lowest BCUT2D eigenvalue weighted by atomic mass is 9.84. The molecule has 1 aliphatic carbocycles. The van der Waals surface area contributed by atoms with Crippen LogP contribution >= 0.6 is 0 Å². The zero-order valence-corrected chi connectivity index (χ0v) is 8.74. The van der Waals surface area contributed by atoms with E-state index in [9.17, 15) is 0 Å². The van der Waals surface area contributed by atoms with Crippen molar-refractivity contribution in [2.45, 2.75) is 66.2 Å². The first-order chi connectivity index (χ1) is 5.27. The minimum Gasteiger partial charge on any atom is -0.0683 e. The van der Waals surface area contributed by atoms with Crippen LogP contribution in [0.3, 0.4) is 0 Å². The van der Waals surface area contributed by atoms with E-state index in [0.29, 0.717) is 0 Å². The normalized spacial score (nSPS) is 20.7. The van der Waals surface area contributed by atoms with E-state index >= 15 is 0 Å². The molecule has 0 heteroatoms. The molecule has 1 saturated carbocycles. The summed E-state index contributed by atoms with van der Waals surface area (Å²) in [5, 5.41) is 0. The summed E-state index contributed by atoms with van der Waals surface area (Å²) in [6.45, 7) is 8.74. The molecule has 0 atom stereocenters. The van der Waals surface area contributed by atoms with Gasteiger partial charge in [0.15, 0.2) is 0 Å². The minimum absolute atomic E-state index is 0.745. The molecule has 1 fully saturated rings. The van der Waals surface area contributed by atoms with Gasteiger partial charge in [0, 0.05) is 0 Å². The van der Waals surface area contributed by atoms with Crippen LogP contribution in [0, 0.1) is 5.41 Å². The first-order valence-corrected chi connectivity index (χ1v) is 5.27. The Bertz CT molecular complexity index is 78.0. The van der Waals surface area contributed by atoms with E-state index in [-0.39, 0.29) is 0 Å². The second-order valence-corrected chi connectivity index (χ2v) is 3.77. The molecule has 0 aromatic heterocycles. The Balaban J connectivity index is 0.000000461. The van der Waals surface area contributed by atoms with Gasteiger partial charge in [0.05, 0.1) is 0 Å². The minimum atomic E-state index is 0.745. The zero-order chi connectivity index (χ0) is 8.74. The van der Waals surface area contributed by atoms with Crippen LogP contribution in [-0.2, 0) is 0 Å². The summed E-state index contributed by atoms with van der Waals surface area (Å²) in [7, 11) is 0. The fourth-order valence-corrected chi connectivity index (χ4v) is 2.08. The third kappa shape index (κ3) is 3.79. The SMILES string of the molecule is CC.CCCC1(C)CCCC1. The first kappa shape index (κ1) is 11.0. The van der Waals surface area contributed by atoms with Gasteiger partial charge in [0.2, 0.25) is 0 Å². The van der Waals surface area contributed by atoms with E-state index in [1.54, 1.807) is 0 Å². The lowest BCUT2D eigenvalue weighted by Gasteiger charge is -2.21. The van der Waals surface area contributed by atoms with Gasteiger partial charge >= 0.3 is 0 Å². The maximum absolute atomic E-state index is 2.45. The highest BCUT2D eigenvalue weighted by molar-refractivity contribution is 4.79. The van der Waals surface area contributed by atoms with Crippen LogP contribution in [-0.4, -0.2) is 0 Å². The monoisotopic (exact) mass is 156 g/mol. The lowest BCUT2D eigenvalue weighted by molar-refractivity contribution is 0.305. The molecule has 0 radical (unpaired) electrons. The van der Waals surface area contributed by atoms with E-state index in [1.807, 2.05) is 13.8 Å². The molecule has 68 valence electrons. The van der Waals surface area contributed by atoms with Crippen molar-refractivity contribution in [3.05, 3.63) is 0 Å². The Labute approximate surface area is 72.4 Å². The van der Waals surface area contributed by atoms with Crippen molar-refractivity contribution in [1.82, 2.24) is 0 Å². The Morgan fingerprint density at radius 3 is 1.91 bits per heavy atom. The number of hydrogen-bond donors (Lipinski definition) is 0. The van der Waals surface area contributed by atoms with Crippen molar-refractivity contribution in [3.8, 4) is 0 Å². The molecule has 0 bridgehead atoms. The van der Waals surface area contributed by atoms with E-state index in [0.717, 1.165) is 5.41 Å². The van der Waals surface area contributed by atoms with Crippen molar-refractivity contribution in [2.24, 2.45) is 5.41 Å². The molecule has 1 rings (SSSR count). The van der Waals surface area contributed by atoms with Crippen molar-refractivity contribution in [1.29, 1.82) is 0 Å². The first-order valence-electron chi connectivity index (χ1n) is 5.27. The van der Waals surface area contributed by atoms with E-state index < -0.39 is 0 Å². The third-order valence-corrected chi connectivity index (χ3v) is 2.66. The van der Waals surface area contributed by atoms with Crippen LogP contribution in [0.25, 0.3) is 0 Å². The van der Waals surface area contributed by atoms with Crippen LogP contribution in [0.4, 0.5) is 0 Å². The molecule has 0 saturated heterocycles. The van der Waals surface area contributed by atoms with Crippen LogP contribution in [0.2, 0.25) is 0 Å². The molecule has 0 amide bonds. The summed E-state index contributed by atoms with van der Waals surface area (Å²) in [5.74, 6) is 0. The molecule has 0 aliphatic heterocycles. The second-order valence-electron chi connectivity index (χ2n) is 3.77. The van der Waals surface area contributed by atoms with Crippen molar-refractivity contribution in [2.75, 3.05) is 0 Å². The van der Waals surface area contributed by atoms with Gasteiger partial charge in [0.25, 0.3) is 0 Å². The van der Waals surface area contributed by atoms with Crippen molar-refractivity contribution < 1.29 is 0 Å². The maximum atomic E-state index is 2.45. The molecule has 0 aromatic rings. The van der Waals surface area contributed by atoms with Gasteiger partial charge in [0.1, 0.15) is 0 Å². The standard InChI is InChI=1S/C9H18.C2H6/c1-3-6-9(2)7-4-5-8-9;1-2/h3-8H2,1-2H3;1-2H3. The van der Waals surface area contributed by atoms with E-state index in [2.05, 4.69) is 13.8 Å². The van der Waals surface area contributed by atoms with Crippen LogP contribution < -0.4 is 0 Å². The molecule has 0 nitrogen and oxygen atoms in total. The van der Waals surface area contributed by atoms with Gasteiger partial charge in [-0.3, -0.25) is 0 Å². The molecule has 0 N–H and O–H groups in total. The molecule has 0 heterocycles. The summed E-state index contributed by atoms with van der Waals surface area (Å²) in [6.07, 6.45) is 8.76. The summed E-state index contributed by atoms with van der Waals surface area (Å²) < 4.78 is 0. The Morgan fingerprint density at radius 2 is 1.55 bits per heavy atom. The average Bonchev–Trinajstić information content (AvgIpc) is 2.41. The predicted molar refractivity (Wildman–Crippen MR) is 52.8 cm³/mol. The van der Waals surface area contributed by atoms with E-state index in [1.165, 1.54) is 38.5 Å². The topological polar surface area (TPSA) is 0 Å². The van der Waals surface area contributed by atoms with Crippen molar-refractivity contribution in [3.63, 3.8) is 0 Å². The van der Waals surface area contributed by atoms with Gasteiger partial charge in [-0.25, -0.2) is 0 Å². The van der Waals surface area contributed by atoms with Gasteiger partial charge in [-0.15, -0.1) is 0 Å². The maximum Gasteiger partial charge on any atom is -0.0326 e. The smallest absolute Gasteiger partial charge is 0.0326 e. The molecular formula is C11H24. The third-order valence-electron chi connectivity index (χ3n) is 2.66. The van der Waals surface area contributed by atoms with E-state index in [4.69, 9.17) is 0 Å². The van der Waals surface area contributed by atoms with Gasteiger partial charge in [-0.2, -0.15) is 0 Å². The quantitative estimate of drug-likeness (QED) is 0.556. The van der Waals surface area contributed by atoms with Gasteiger partial charge in [-0.1, -0.05) is 47.0 Å². The van der Waals surface area contributed by atoms with Crippen molar-refractivity contribution >= 4 is 0 Å². The van der Waals surface area contributed by atoms with Crippen LogP contribution in [0.15, 0.2) is 0 Å². The molecule has 0 spiro atoms. The fourth-order valence-electron chi connectivity index (χ4n) is 2.08. The predicted octanol–water partition coefficient (Wildman–Crippen LogP) is 4.39. The summed E-state index contributed by atoms with van der Waals surface area (Å²) in [5.41, 5.74) is 0.745. The second kappa shape index (κ2) is 5.62. The lowest BCUT2D eigenvalue weighted by Crippen LogP contribution is -2.09. The van der Waals surface area contributed by atoms with Gasteiger partial charge < -0.3 is 0 Å². The van der Waals surface area contributed by atoms with Gasteiger partial charge in [-0.05, 0) is 24.7 Å². The Hall–Kier alpha value is 0. The molecule has 1 aliphatic rings. The fraction of sp³-hybridized carbons (Fsp3) is 1.00. The summed E-state index contributed by atoms with van der Waals surface area (Å²) in [4.78, 5) is 0. The van der Waals surface area contributed by atoms with Crippen LogP contribution in [0.1, 0.15) is 66.2 Å².